The molecule has 1 aliphatic heterocycles. The summed E-state index contributed by atoms with van der Waals surface area (Å²) in [7, 11) is -3.35. The van der Waals surface area contributed by atoms with Gasteiger partial charge in [0.05, 0.1) is 11.9 Å². The van der Waals surface area contributed by atoms with Crippen LogP contribution in [-0.2, 0) is 21.4 Å². The van der Waals surface area contributed by atoms with Crippen molar-refractivity contribution in [1.29, 1.82) is 0 Å². The predicted molar refractivity (Wildman–Crippen MR) is 144 cm³/mol. The third-order valence-corrected chi connectivity index (χ3v) is 8.74. The molecule has 1 amide bonds. The number of anilines is 1. The van der Waals surface area contributed by atoms with Gasteiger partial charge in [-0.2, -0.15) is 0 Å². The number of carbonyl (C=O) groups is 1. The van der Waals surface area contributed by atoms with Crippen LogP contribution in [0.4, 0.5) is 5.69 Å². The zero-order valence-corrected chi connectivity index (χ0v) is 22.1. The second kappa shape index (κ2) is 12.1. The second-order valence-electron chi connectivity index (χ2n) is 10.3. The van der Waals surface area contributed by atoms with Gasteiger partial charge in [0, 0.05) is 19.0 Å². The lowest BCUT2D eigenvalue weighted by Crippen LogP contribution is -2.38. The van der Waals surface area contributed by atoms with Gasteiger partial charge in [-0.05, 0) is 80.2 Å². The Kier molecular flexibility index (Phi) is 8.90. The molecule has 2 aromatic carbocycles. The van der Waals surface area contributed by atoms with E-state index in [0.29, 0.717) is 23.9 Å². The van der Waals surface area contributed by atoms with Gasteiger partial charge in [-0.15, -0.1) is 0 Å². The summed E-state index contributed by atoms with van der Waals surface area (Å²) in [5.41, 5.74) is 7.30. The first kappa shape index (κ1) is 26.5. The SMILES string of the molecule is CS(=O)(=O)N(CCC1CCCCC1)c1ccc(Oc2ccc(CN3CCC(C(N)=O)CC3)cc2)cc1. The van der Waals surface area contributed by atoms with Gasteiger partial charge in [0.25, 0.3) is 0 Å². The summed E-state index contributed by atoms with van der Waals surface area (Å²) in [5, 5.41) is 0. The number of hydrogen-bond donors (Lipinski definition) is 1. The smallest absolute Gasteiger partial charge is 0.232 e. The van der Waals surface area contributed by atoms with Gasteiger partial charge < -0.3 is 10.5 Å². The molecule has 2 aromatic rings. The first-order valence-corrected chi connectivity index (χ1v) is 15.0. The normalized spacial score (nSPS) is 18.1. The molecule has 0 bridgehead atoms. The molecule has 0 spiro atoms. The van der Waals surface area contributed by atoms with Gasteiger partial charge in [-0.3, -0.25) is 14.0 Å². The van der Waals surface area contributed by atoms with E-state index in [4.69, 9.17) is 10.5 Å². The summed E-state index contributed by atoms with van der Waals surface area (Å²) >= 11 is 0. The number of ether oxygens (including phenoxy) is 1. The van der Waals surface area contributed by atoms with Crippen molar-refractivity contribution in [3.63, 3.8) is 0 Å². The Bertz CT molecular complexity index is 1090. The van der Waals surface area contributed by atoms with Crippen molar-refractivity contribution in [1.82, 2.24) is 4.90 Å². The molecule has 1 saturated carbocycles. The molecule has 4 rings (SSSR count). The summed E-state index contributed by atoms with van der Waals surface area (Å²) in [6.45, 7) is 3.11. The topological polar surface area (TPSA) is 92.9 Å². The van der Waals surface area contributed by atoms with Crippen molar-refractivity contribution in [3.8, 4) is 11.5 Å². The van der Waals surface area contributed by atoms with Gasteiger partial charge in [-0.1, -0.05) is 44.2 Å². The van der Waals surface area contributed by atoms with E-state index in [2.05, 4.69) is 17.0 Å². The average Bonchev–Trinajstić information content (AvgIpc) is 2.86. The minimum absolute atomic E-state index is 0.00446. The number of primary amides is 1. The Labute approximate surface area is 215 Å². The highest BCUT2D eigenvalue weighted by atomic mass is 32.2. The predicted octanol–water partition coefficient (Wildman–Crippen LogP) is 4.91. The fraction of sp³-hybridized carbons (Fsp3) is 0.536. The van der Waals surface area contributed by atoms with Crippen molar-refractivity contribution >= 4 is 21.6 Å². The largest absolute Gasteiger partial charge is 0.457 e. The first-order chi connectivity index (χ1) is 17.3. The number of hydrogen-bond acceptors (Lipinski definition) is 5. The molecular formula is C28H39N3O4S. The number of rotatable bonds is 10. The number of amides is 1. The molecular weight excluding hydrogens is 474 g/mol. The van der Waals surface area contributed by atoms with Crippen LogP contribution >= 0.6 is 0 Å². The van der Waals surface area contributed by atoms with E-state index in [0.717, 1.165) is 44.6 Å². The van der Waals surface area contributed by atoms with Gasteiger partial charge in [0.2, 0.25) is 15.9 Å². The molecule has 1 aliphatic carbocycles. The van der Waals surface area contributed by atoms with Crippen LogP contribution in [0.3, 0.4) is 0 Å². The van der Waals surface area contributed by atoms with Crippen LogP contribution in [-0.4, -0.2) is 45.1 Å². The molecule has 0 atom stereocenters. The molecule has 8 heteroatoms. The van der Waals surface area contributed by atoms with Crippen molar-refractivity contribution in [3.05, 3.63) is 54.1 Å². The maximum absolute atomic E-state index is 12.5. The average molecular weight is 514 g/mol. The highest BCUT2D eigenvalue weighted by Gasteiger charge is 2.23. The molecule has 0 radical (unpaired) electrons. The number of likely N-dealkylation sites (tertiary alicyclic amines) is 1. The van der Waals surface area contributed by atoms with E-state index >= 15 is 0 Å². The van der Waals surface area contributed by atoms with Crippen molar-refractivity contribution in [2.24, 2.45) is 17.6 Å². The van der Waals surface area contributed by atoms with E-state index in [1.165, 1.54) is 48.2 Å². The standard InChI is InChI=1S/C28H39N3O4S/c1-36(33,34)31(20-15-22-5-3-2-4-6-22)25-9-13-27(14-10-25)35-26-11-7-23(8-12-26)21-30-18-16-24(17-19-30)28(29)32/h7-14,22,24H,2-6,15-21H2,1H3,(H2,29,32). The van der Waals surface area contributed by atoms with Crippen molar-refractivity contribution in [2.45, 2.75) is 57.9 Å². The van der Waals surface area contributed by atoms with Crippen LogP contribution < -0.4 is 14.8 Å². The molecule has 2 aliphatic rings. The molecule has 1 heterocycles. The third kappa shape index (κ3) is 7.46. The molecule has 0 aromatic heterocycles. The van der Waals surface area contributed by atoms with Crippen LogP contribution in [0.2, 0.25) is 0 Å². The fourth-order valence-electron chi connectivity index (χ4n) is 5.38. The van der Waals surface area contributed by atoms with Gasteiger partial charge >= 0.3 is 0 Å². The molecule has 36 heavy (non-hydrogen) atoms. The molecule has 7 nitrogen and oxygen atoms in total. The van der Waals surface area contributed by atoms with Crippen molar-refractivity contribution < 1.29 is 17.9 Å². The van der Waals surface area contributed by atoms with E-state index < -0.39 is 10.0 Å². The number of carbonyl (C=O) groups excluding carboxylic acids is 1. The third-order valence-electron chi connectivity index (χ3n) is 7.55. The quantitative estimate of drug-likeness (QED) is 0.487. The van der Waals surface area contributed by atoms with Crippen LogP contribution in [0.5, 0.6) is 11.5 Å². The fourth-order valence-corrected chi connectivity index (χ4v) is 6.32. The minimum Gasteiger partial charge on any atom is -0.457 e. The molecule has 196 valence electrons. The lowest BCUT2D eigenvalue weighted by molar-refractivity contribution is -0.123. The maximum Gasteiger partial charge on any atom is 0.232 e. The first-order valence-electron chi connectivity index (χ1n) is 13.1. The molecule has 2 fully saturated rings. The van der Waals surface area contributed by atoms with Crippen molar-refractivity contribution in [2.75, 3.05) is 30.2 Å². The lowest BCUT2D eigenvalue weighted by atomic mass is 9.87. The van der Waals surface area contributed by atoms with E-state index in [-0.39, 0.29) is 11.8 Å². The van der Waals surface area contributed by atoms with Crippen LogP contribution in [0.15, 0.2) is 48.5 Å². The minimum atomic E-state index is -3.35. The molecule has 2 N–H and O–H groups in total. The summed E-state index contributed by atoms with van der Waals surface area (Å²) in [6, 6.07) is 15.3. The summed E-state index contributed by atoms with van der Waals surface area (Å²) in [5.74, 6) is 1.84. The van der Waals surface area contributed by atoms with E-state index in [9.17, 15) is 13.2 Å². The van der Waals surface area contributed by atoms with E-state index in [1.54, 1.807) is 0 Å². The number of benzene rings is 2. The Morgan fingerprint density at radius 3 is 2.08 bits per heavy atom. The van der Waals surface area contributed by atoms with E-state index in [1.807, 2.05) is 36.4 Å². The number of piperidine rings is 1. The highest BCUT2D eigenvalue weighted by Crippen LogP contribution is 2.30. The molecule has 1 saturated heterocycles. The van der Waals surface area contributed by atoms with Crippen LogP contribution in [0, 0.1) is 11.8 Å². The number of nitrogens with zero attached hydrogens (tertiary/aromatic N) is 2. The summed E-state index contributed by atoms with van der Waals surface area (Å²) < 4.78 is 32.5. The summed E-state index contributed by atoms with van der Waals surface area (Å²) in [4.78, 5) is 13.7. The highest BCUT2D eigenvalue weighted by molar-refractivity contribution is 7.92. The maximum atomic E-state index is 12.5. The van der Waals surface area contributed by atoms with Crippen LogP contribution in [0.1, 0.15) is 56.9 Å². The number of sulfonamides is 1. The second-order valence-corrected chi connectivity index (χ2v) is 12.2. The number of nitrogens with two attached hydrogens (primary N) is 1. The van der Waals surface area contributed by atoms with Gasteiger partial charge in [0.15, 0.2) is 0 Å². The monoisotopic (exact) mass is 513 g/mol. The van der Waals surface area contributed by atoms with Crippen LogP contribution in [0.25, 0.3) is 0 Å². The Morgan fingerprint density at radius 1 is 0.944 bits per heavy atom. The van der Waals surface area contributed by atoms with Gasteiger partial charge in [0.1, 0.15) is 11.5 Å². The van der Waals surface area contributed by atoms with Gasteiger partial charge in [-0.25, -0.2) is 8.42 Å². The zero-order chi connectivity index (χ0) is 25.5. The lowest BCUT2D eigenvalue weighted by Gasteiger charge is -2.30. The molecule has 0 unspecified atom stereocenters. The Morgan fingerprint density at radius 2 is 1.53 bits per heavy atom. The Balaban J connectivity index is 1.31. The summed E-state index contributed by atoms with van der Waals surface area (Å²) in [6.07, 6.45) is 10.0. The zero-order valence-electron chi connectivity index (χ0n) is 21.3. The Hall–Kier alpha value is -2.58.